The average molecular weight is 373 g/mol. The van der Waals surface area contributed by atoms with Gasteiger partial charge < -0.3 is 0 Å². The number of rotatable bonds is 5. The Labute approximate surface area is 155 Å². The molecule has 0 bridgehead atoms. The van der Waals surface area contributed by atoms with Crippen molar-refractivity contribution < 1.29 is 0 Å². The minimum Gasteiger partial charge on any atom is -0.215 e. The molecule has 124 valence electrons. The molecule has 0 fully saturated rings. The molecule has 0 amide bonds. The minimum absolute atomic E-state index is 0.906. The number of fused-ring (bicyclic) bond motifs is 3. The van der Waals surface area contributed by atoms with Gasteiger partial charge in [-0.1, -0.05) is 42.1 Å². The Morgan fingerprint density at radius 1 is 1.08 bits per heavy atom. The molecule has 0 unspecified atom stereocenters. The van der Waals surface area contributed by atoms with Gasteiger partial charge in [0.15, 0.2) is 5.16 Å². The molecular formula is C19H20N2S3. The first-order valence-corrected chi connectivity index (χ1v) is 11.4. The molecule has 0 spiro atoms. The van der Waals surface area contributed by atoms with Gasteiger partial charge >= 0.3 is 0 Å². The molecular weight excluding hydrogens is 352 g/mol. The summed E-state index contributed by atoms with van der Waals surface area (Å²) in [7, 11) is 0. The lowest BCUT2D eigenvalue weighted by molar-refractivity contribution is 0.699. The van der Waals surface area contributed by atoms with Crippen molar-refractivity contribution in [1.29, 1.82) is 0 Å². The molecule has 1 aliphatic rings. The van der Waals surface area contributed by atoms with Gasteiger partial charge in [0.05, 0.1) is 0 Å². The maximum Gasteiger partial charge on any atom is 0.189 e. The molecule has 2 heterocycles. The maximum absolute atomic E-state index is 4.85. The smallest absolute Gasteiger partial charge is 0.189 e. The second-order valence-corrected chi connectivity index (χ2v) is 8.93. The van der Waals surface area contributed by atoms with Crippen LogP contribution in [0.1, 0.15) is 28.8 Å². The van der Waals surface area contributed by atoms with E-state index < -0.39 is 0 Å². The predicted molar refractivity (Wildman–Crippen MR) is 107 cm³/mol. The van der Waals surface area contributed by atoms with Crippen molar-refractivity contribution in [2.75, 3.05) is 12.0 Å². The van der Waals surface area contributed by atoms with E-state index in [1.54, 1.807) is 16.6 Å². The molecule has 0 N–H and O–H groups in total. The van der Waals surface area contributed by atoms with E-state index in [9.17, 15) is 0 Å². The zero-order valence-electron chi connectivity index (χ0n) is 13.7. The fraction of sp³-hybridized carbons (Fsp3) is 0.368. The van der Waals surface area contributed by atoms with E-state index in [0.29, 0.717) is 0 Å². The van der Waals surface area contributed by atoms with Crippen molar-refractivity contribution in [3.8, 4) is 0 Å². The summed E-state index contributed by atoms with van der Waals surface area (Å²) in [6.45, 7) is 0. The second-order valence-electron chi connectivity index (χ2n) is 5.99. The SMILES string of the molecule is CSc1nc(SCCc2ccccc2)c2c3c(sc2n1)CCCC3. The third-order valence-electron chi connectivity index (χ3n) is 4.42. The molecule has 0 saturated carbocycles. The second kappa shape index (κ2) is 7.46. The van der Waals surface area contributed by atoms with Gasteiger partial charge in [-0.3, -0.25) is 0 Å². The highest BCUT2D eigenvalue weighted by molar-refractivity contribution is 7.99. The molecule has 5 heteroatoms. The van der Waals surface area contributed by atoms with Crippen LogP contribution >= 0.6 is 34.9 Å². The van der Waals surface area contributed by atoms with Gasteiger partial charge in [0.1, 0.15) is 9.86 Å². The van der Waals surface area contributed by atoms with Crippen molar-refractivity contribution in [2.45, 2.75) is 42.3 Å². The monoisotopic (exact) mass is 372 g/mol. The summed E-state index contributed by atoms with van der Waals surface area (Å²) in [4.78, 5) is 12.4. The summed E-state index contributed by atoms with van der Waals surface area (Å²) in [6, 6.07) is 10.7. The maximum atomic E-state index is 4.85. The van der Waals surface area contributed by atoms with E-state index in [4.69, 9.17) is 9.97 Å². The van der Waals surface area contributed by atoms with Crippen LogP contribution in [0, 0.1) is 0 Å². The average Bonchev–Trinajstić information content (AvgIpc) is 3.01. The number of hydrogen-bond donors (Lipinski definition) is 0. The van der Waals surface area contributed by atoms with E-state index in [1.807, 2.05) is 23.1 Å². The lowest BCUT2D eigenvalue weighted by Gasteiger charge is -2.12. The van der Waals surface area contributed by atoms with E-state index in [1.165, 1.54) is 52.1 Å². The summed E-state index contributed by atoms with van der Waals surface area (Å²) in [5, 5.41) is 3.45. The number of benzene rings is 1. The Kier molecular flexibility index (Phi) is 5.11. The quantitative estimate of drug-likeness (QED) is 0.329. The van der Waals surface area contributed by atoms with Crippen LogP contribution in [0.2, 0.25) is 0 Å². The Morgan fingerprint density at radius 3 is 2.75 bits per heavy atom. The summed E-state index contributed by atoms with van der Waals surface area (Å²) in [5.74, 6) is 1.06. The number of hydrogen-bond acceptors (Lipinski definition) is 5. The van der Waals surface area contributed by atoms with Crippen molar-refractivity contribution >= 4 is 45.1 Å². The lowest BCUT2D eigenvalue weighted by Crippen LogP contribution is -2.00. The van der Waals surface area contributed by atoms with Crippen LogP contribution in [-0.4, -0.2) is 22.0 Å². The number of thiophene rings is 1. The fourth-order valence-electron chi connectivity index (χ4n) is 3.21. The molecule has 1 aromatic carbocycles. The van der Waals surface area contributed by atoms with Crippen LogP contribution in [0.25, 0.3) is 10.2 Å². The fourth-order valence-corrected chi connectivity index (χ4v) is 6.06. The van der Waals surface area contributed by atoms with E-state index in [0.717, 1.165) is 17.3 Å². The Bertz CT molecular complexity index is 843. The third-order valence-corrected chi connectivity index (χ3v) is 7.13. The van der Waals surface area contributed by atoms with Crippen LogP contribution in [0.5, 0.6) is 0 Å². The van der Waals surface area contributed by atoms with Crippen molar-refractivity contribution in [2.24, 2.45) is 0 Å². The number of aromatic nitrogens is 2. The van der Waals surface area contributed by atoms with Gasteiger partial charge in [0.25, 0.3) is 0 Å². The number of nitrogens with zero attached hydrogens (tertiary/aromatic N) is 2. The van der Waals surface area contributed by atoms with Crippen LogP contribution in [0.15, 0.2) is 40.5 Å². The van der Waals surface area contributed by atoms with E-state index >= 15 is 0 Å². The molecule has 0 atom stereocenters. The normalized spacial score (nSPS) is 14.0. The van der Waals surface area contributed by atoms with Crippen LogP contribution < -0.4 is 0 Å². The highest BCUT2D eigenvalue weighted by Crippen LogP contribution is 2.40. The van der Waals surface area contributed by atoms with Crippen LogP contribution in [0.3, 0.4) is 0 Å². The Morgan fingerprint density at radius 2 is 1.92 bits per heavy atom. The topological polar surface area (TPSA) is 25.8 Å². The zero-order valence-corrected chi connectivity index (χ0v) is 16.2. The van der Waals surface area contributed by atoms with Gasteiger partial charge in [0.2, 0.25) is 0 Å². The third kappa shape index (κ3) is 3.35. The van der Waals surface area contributed by atoms with Crippen molar-refractivity contribution in [3.63, 3.8) is 0 Å². The molecule has 0 radical (unpaired) electrons. The summed E-state index contributed by atoms with van der Waals surface area (Å²) in [6.07, 6.45) is 8.18. The highest BCUT2D eigenvalue weighted by Gasteiger charge is 2.21. The first kappa shape index (κ1) is 16.4. The van der Waals surface area contributed by atoms with Crippen LogP contribution in [-0.2, 0) is 19.3 Å². The highest BCUT2D eigenvalue weighted by atomic mass is 32.2. The molecule has 4 rings (SSSR count). The number of thioether (sulfide) groups is 2. The lowest BCUT2D eigenvalue weighted by atomic mass is 9.97. The van der Waals surface area contributed by atoms with Gasteiger partial charge in [-0.15, -0.1) is 23.1 Å². The van der Waals surface area contributed by atoms with E-state index in [2.05, 4.69) is 36.6 Å². The Hall–Kier alpha value is -1.04. The molecule has 24 heavy (non-hydrogen) atoms. The number of aryl methyl sites for hydroxylation is 3. The van der Waals surface area contributed by atoms with E-state index in [-0.39, 0.29) is 0 Å². The minimum atomic E-state index is 0.906. The molecule has 2 aromatic heterocycles. The molecule has 1 aliphatic carbocycles. The van der Waals surface area contributed by atoms with Gasteiger partial charge in [-0.25, -0.2) is 9.97 Å². The molecule has 0 saturated heterocycles. The summed E-state index contributed by atoms with van der Waals surface area (Å²) >= 11 is 5.43. The van der Waals surface area contributed by atoms with Gasteiger partial charge in [-0.2, -0.15) is 0 Å². The first-order valence-electron chi connectivity index (χ1n) is 8.38. The van der Waals surface area contributed by atoms with Crippen molar-refractivity contribution in [3.05, 3.63) is 46.3 Å². The summed E-state index contributed by atoms with van der Waals surface area (Å²) < 4.78 is 0. The van der Waals surface area contributed by atoms with Crippen LogP contribution in [0.4, 0.5) is 0 Å². The van der Waals surface area contributed by atoms with Crippen molar-refractivity contribution in [1.82, 2.24) is 9.97 Å². The summed E-state index contributed by atoms with van der Waals surface area (Å²) in [5.41, 5.74) is 2.93. The molecule has 3 aromatic rings. The van der Waals surface area contributed by atoms with Gasteiger partial charge in [-0.05, 0) is 49.5 Å². The molecule has 0 aliphatic heterocycles. The van der Waals surface area contributed by atoms with Gasteiger partial charge in [0, 0.05) is 16.0 Å². The first-order chi connectivity index (χ1) is 11.8. The predicted octanol–water partition coefficient (Wildman–Crippen LogP) is 5.63. The zero-order chi connectivity index (χ0) is 16.4. The standard InChI is InChI=1S/C19H20N2S3/c1-22-19-20-17(23-12-11-13-7-3-2-4-8-13)16-14-9-5-6-10-15(14)24-18(16)21-19/h2-4,7-8H,5-6,9-12H2,1H3. The Balaban J connectivity index is 1.64. The largest absolute Gasteiger partial charge is 0.215 e. The molecule has 2 nitrogen and oxygen atoms in total.